The zero-order valence-electron chi connectivity index (χ0n) is 13.5. The van der Waals surface area contributed by atoms with E-state index in [0.29, 0.717) is 5.69 Å². The molecule has 26 heavy (non-hydrogen) atoms. The third-order valence-corrected chi connectivity index (χ3v) is 5.51. The molecule has 0 aliphatic rings. The molecule has 0 bridgehead atoms. The minimum absolute atomic E-state index is 0.0835. The molecule has 9 nitrogen and oxygen atoms in total. The summed E-state index contributed by atoms with van der Waals surface area (Å²) < 4.78 is 30.7. The van der Waals surface area contributed by atoms with E-state index in [1.807, 2.05) is 24.3 Å². The summed E-state index contributed by atoms with van der Waals surface area (Å²) in [6.07, 6.45) is 2.71. The average Bonchev–Trinajstić information content (AvgIpc) is 3.21. The first-order valence-corrected chi connectivity index (χ1v) is 9.61. The lowest BCUT2D eigenvalue weighted by molar-refractivity contribution is 0.0680. The van der Waals surface area contributed by atoms with Crippen LogP contribution in [0, 0.1) is 0 Å². The van der Waals surface area contributed by atoms with Crippen LogP contribution in [0.4, 0.5) is 0 Å². The summed E-state index contributed by atoms with van der Waals surface area (Å²) in [5, 5.41) is 17.2. The number of nitrogens with one attached hydrogen (secondary N) is 1. The van der Waals surface area contributed by atoms with Gasteiger partial charge < -0.3 is 5.11 Å². The normalized spacial score (nSPS) is 11.6. The van der Waals surface area contributed by atoms with E-state index in [4.69, 9.17) is 5.11 Å². The summed E-state index contributed by atoms with van der Waals surface area (Å²) >= 11 is 3.35. The van der Waals surface area contributed by atoms with Crippen molar-refractivity contribution in [1.29, 1.82) is 0 Å². The fourth-order valence-electron chi connectivity index (χ4n) is 2.30. The molecule has 136 valence electrons. The topological polar surface area (TPSA) is 119 Å². The second kappa shape index (κ2) is 7.02. The SMILES string of the molecule is Cn1ncc(S(=O)(=O)NCc2ccn(-c3ccc(Br)cc3)n2)c1C(=O)O. The Morgan fingerprint density at radius 2 is 1.96 bits per heavy atom. The molecule has 11 heteroatoms. The molecule has 0 radical (unpaired) electrons. The Morgan fingerprint density at radius 1 is 1.27 bits per heavy atom. The predicted octanol–water partition coefficient (Wildman–Crippen LogP) is 1.54. The van der Waals surface area contributed by atoms with Crippen molar-refractivity contribution in [3.8, 4) is 5.69 Å². The molecule has 1 aromatic carbocycles. The van der Waals surface area contributed by atoms with Gasteiger partial charge in [-0.3, -0.25) is 4.68 Å². The number of hydrogen-bond acceptors (Lipinski definition) is 5. The van der Waals surface area contributed by atoms with Crippen molar-refractivity contribution in [2.45, 2.75) is 11.4 Å². The molecule has 0 unspecified atom stereocenters. The molecule has 0 aliphatic heterocycles. The number of benzene rings is 1. The second-order valence-electron chi connectivity index (χ2n) is 5.34. The third-order valence-electron chi connectivity index (χ3n) is 3.58. The number of aromatic nitrogens is 4. The van der Waals surface area contributed by atoms with Crippen LogP contribution < -0.4 is 4.72 Å². The Morgan fingerprint density at radius 3 is 2.62 bits per heavy atom. The summed E-state index contributed by atoms with van der Waals surface area (Å²) in [7, 11) is -2.68. The van der Waals surface area contributed by atoms with Crippen molar-refractivity contribution >= 4 is 31.9 Å². The maximum absolute atomic E-state index is 12.4. The van der Waals surface area contributed by atoms with Crippen molar-refractivity contribution in [2.75, 3.05) is 0 Å². The van der Waals surface area contributed by atoms with Gasteiger partial charge in [0.2, 0.25) is 10.0 Å². The van der Waals surface area contributed by atoms with Gasteiger partial charge in [-0.05, 0) is 30.3 Å². The van der Waals surface area contributed by atoms with Crippen LogP contribution in [0.3, 0.4) is 0 Å². The molecule has 3 rings (SSSR count). The minimum atomic E-state index is -4.04. The molecule has 0 spiro atoms. The molecule has 2 aromatic heterocycles. The number of aromatic carboxylic acids is 1. The number of nitrogens with zero attached hydrogens (tertiary/aromatic N) is 4. The Balaban J connectivity index is 1.77. The van der Waals surface area contributed by atoms with Crippen LogP contribution in [0.5, 0.6) is 0 Å². The van der Waals surface area contributed by atoms with Gasteiger partial charge in [0.05, 0.1) is 24.1 Å². The fraction of sp³-hybridized carbons (Fsp3) is 0.133. The van der Waals surface area contributed by atoms with E-state index in [9.17, 15) is 13.2 Å². The number of aryl methyl sites for hydroxylation is 1. The number of carboxylic acid groups (broad SMARTS) is 1. The number of halogens is 1. The molecule has 3 aromatic rings. The molecule has 0 saturated carbocycles. The first-order chi connectivity index (χ1) is 12.3. The van der Waals surface area contributed by atoms with E-state index >= 15 is 0 Å². The van der Waals surface area contributed by atoms with Gasteiger partial charge in [-0.1, -0.05) is 15.9 Å². The standard InChI is InChI=1S/C15H14BrN5O4S/c1-20-14(15(22)23)13(9-17-20)26(24,25)18-8-11-6-7-21(19-11)12-4-2-10(16)3-5-12/h2-7,9,18H,8H2,1H3,(H,22,23). The summed E-state index contributed by atoms with van der Waals surface area (Å²) in [5.74, 6) is -1.37. The molecule has 0 amide bonds. The van der Waals surface area contributed by atoms with Crippen molar-refractivity contribution in [2.24, 2.45) is 7.05 Å². The first-order valence-electron chi connectivity index (χ1n) is 7.33. The van der Waals surface area contributed by atoms with Gasteiger partial charge in [-0.25, -0.2) is 22.6 Å². The number of rotatable bonds is 6. The van der Waals surface area contributed by atoms with E-state index < -0.39 is 21.7 Å². The van der Waals surface area contributed by atoms with Crippen LogP contribution >= 0.6 is 15.9 Å². The second-order valence-corrected chi connectivity index (χ2v) is 7.99. The summed E-state index contributed by atoms with van der Waals surface area (Å²) in [6.45, 7) is -0.0835. The van der Waals surface area contributed by atoms with Gasteiger partial charge in [-0.15, -0.1) is 0 Å². The molecule has 2 N–H and O–H groups in total. The fourth-order valence-corrected chi connectivity index (χ4v) is 3.72. The third kappa shape index (κ3) is 3.69. The predicted molar refractivity (Wildman–Crippen MR) is 95.5 cm³/mol. The van der Waals surface area contributed by atoms with E-state index in [1.54, 1.807) is 16.9 Å². The molecule has 0 fully saturated rings. The van der Waals surface area contributed by atoms with E-state index in [-0.39, 0.29) is 11.4 Å². The highest BCUT2D eigenvalue weighted by atomic mass is 79.9. The first kappa shape index (κ1) is 18.3. The molecule has 2 heterocycles. The molecular weight excluding hydrogens is 426 g/mol. The van der Waals surface area contributed by atoms with Gasteiger partial charge in [0.25, 0.3) is 0 Å². The highest BCUT2D eigenvalue weighted by Crippen LogP contribution is 2.16. The Bertz CT molecular complexity index is 1060. The Labute approximate surface area is 157 Å². The Kier molecular flexibility index (Phi) is 4.94. The lowest BCUT2D eigenvalue weighted by Gasteiger charge is -2.05. The lowest BCUT2D eigenvalue weighted by Crippen LogP contribution is -2.25. The number of carbonyl (C=O) groups is 1. The van der Waals surface area contributed by atoms with Crippen LogP contribution in [-0.2, 0) is 23.6 Å². The van der Waals surface area contributed by atoms with Gasteiger partial charge in [-0.2, -0.15) is 10.2 Å². The van der Waals surface area contributed by atoms with Crippen LogP contribution in [0.1, 0.15) is 16.2 Å². The summed E-state index contributed by atoms with van der Waals surface area (Å²) in [5.41, 5.74) is 0.901. The van der Waals surface area contributed by atoms with Gasteiger partial charge in [0.15, 0.2) is 5.69 Å². The van der Waals surface area contributed by atoms with Crippen LogP contribution in [0.25, 0.3) is 5.69 Å². The molecule has 0 aliphatic carbocycles. The number of carboxylic acids is 1. The average molecular weight is 440 g/mol. The monoisotopic (exact) mass is 439 g/mol. The summed E-state index contributed by atoms with van der Waals surface area (Å²) in [4.78, 5) is 10.8. The van der Waals surface area contributed by atoms with E-state index in [2.05, 4.69) is 30.8 Å². The molecule has 0 atom stereocenters. The maximum Gasteiger partial charge on any atom is 0.355 e. The van der Waals surface area contributed by atoms with Crippen LogP contribution in [-0.4, -0.2) is 39.1 Å². The highest BCUT2D eigenvalue weighted by Gasteiger charge is 2.26. The highest BCUT2D eigenvalue weighted by molar-refractivity contribution is 9.10. The summed E-state index contributed by atoms with van der Waals surface area (Å²) in [6, 6.07) is 9.13. The van der Waals surface area contributed by atoms with Crippen LogP contribution in [0.2, 0.25) is 0 Å². The maximum atomic E-state index is 12.4. The lowest BCUT2D eigenvalue weighted by atomic mass is 10.3. The van der Waals surface area contributed by atoms with E-state index in [1.165, 1.54) is 7.05 Å². The van der Waals surface area contributed by atoms with Gasteiger partial charge >= 0.3 is 5.97 Å². The van der Waals surface area contributed by atoms with Crippen LogP contribution in [0.15, 0.2) is 52.1 Å². The van der Waals surface area contributed by atoms with Crippen molar-refractivity contribution in [3.05, 3.63) is 58.6 Å². The number of sulfonamides is 1. The van der Waals surface area contributed by atoms with E-state index in [0.717, 1.165) is 21.0 Å². The Hall–Kier alpha value is -2.50. The zero-order valence-corrected chi connectivity index (χ0v) is 15.9. The quantitative estimate of drug-likeness (QED) is 0.601. The van der Waals surface area contributed by atoms with Gasteiger partial charge in [0, 0.05) is 17.7 Å². The number of hydrogen-bond donors (Lipinski definition) is 2. The van der Waals surface area contributed by atoms with Gasteiger partial charge in [0.1, 0.15) is 4.90 Å². The molecular formula is C15H14BrN5O4S. The zero-order chi connectivity index (χ0) is 18.9. The molecule has 0 saturated heterocycles. The van der Waals surface area contributed by atoms with Crippen molar-refractivity contribution < 1.29 is 18.3 Å². The minimum Gasteiger partial charge on any atom is -0.476 e. The largest absolute Gasteiger partial charge is 0.476 e. The van der Waals surface area contributed by atoms with Crippen molar-refractivity contribution in [1.82, 2.24) is 24.3 Å². The smallest absolute Gasteiger partial charge is 0.355 e. The van der Waals surface area contributed by atoms with Crippen molar-refractivity contribution in [3.63, 3.8) is 0 Å².